The van der Waals surface area contributed by atoms with Crippen LogP contribution in [0, 0.1) is 5.82 Å². The van der Waals surface area contributed by atoms with Crippen molar-refractivity contribution in [3.8, 4) is 0 Å². The smallest absolute Gasteiger partial charge is 0.126 e. The second kappa shape index (κ2) is 4.35. The van der Waals surface area contributed by atoms with Gasteiger partial charge in [-0.25, -0.2) is 4.39 Å². The zero-order valence-corrected chi connectivity index (χ0v) is 7.98. The molecule has 0 aromatic heterocycles. The van der Waals surface area contributed by atoms with Crippen LogP contribution in [0.2, 0.25) is 0 Å². The summed E-state index contributed by atoms with van der Waals surface area (Å²) in [5, 5.41) is 0. The Hall–Kier alpha value is -0.920. The molecule has 2 heteroatoms. The second-order valence-corrected chi connectivity index (χ2v) is 3.26. The molecule has 0 bridgehead atoms. The van der Waals surface area contributed by atoms with E-state index in [9.17, 15) is 8.78 Å². The fourth-order valence-electron chi connectivity index (χ4n) is 1.27. The summed E-state index contributed by atoms with van der Waals surface area (Å²) in [5.74, 6) is -0.645. The molecule has 1 atom stereocenters. The summed E-state index contributed by atoms with van der Waals surface area (Å²) >= 11 is 0. The molecule has 0 saturated carbocycles. The lowest BCUT2D eigenvalue weighted by molar-refractivity contribution is 0.436. The summed E-state index contributed by atoms with van der Waals surface area (Å²) < 4.78 is 25.5. The molecule has 0 fully saturated rings. The number of hydrogen-bond donors (Lipinski definition) is 0. The third kappa shape index (κ3) is 2.27. The van der Waals surface area contributed by atoms with E-state index in [2.05, 4.69) is 0 Å². The summed E-state index contributed by atoms with van der Waals surface area (Å²) in [6.45, 7) is 3.18. The third-order valence-corrected chi connectivity index (χ3v) is 2.23. The molecule has 0 spiro atoms. The molecule has 0 aliphatic carbocycles. The van der Waals surface area contributed by atoms with Gasteiger partial charge in [-0.1, -0.05) is 26.0 Å². The molecule has 0 nitrogen and oxygen atoms in total. The number of alkyl halides is 1. The summed E-state index contributed by atoms with van der Waals surface area (Å²) in [4.78, 5) is 0. The molecule has 0 radical (unpaired) electrons. The minimum absolute atomic E-state index is 0.303. The van der Waals surface area contributed by atoms with Crippen LogP contribution < -0.4 is 0 Å². The molecule has 0 N–H and O–H groups in total. The van der Waals surface area contributed by atoms with Gasteiger partial charge >= 0.3 is 0 Å². The lowest BCUT2D eigenvalue weighted by atomic mass is 9.99. The molecule has 0 saturated heterocycles. The summed E-state index contributed by atoms with van der Waals surface area (Å²) in [7, 11) is 0. The highest BCUT2D eigenvalue weighted by Gasteiger charge is 2.10. The molecule has 0 aliphatic rings. The van der Waals surface area contributed by atoms with Crippen molar-refractivity contribution in [3.63, 3.8) is 0 Å². The fourth-order valence-corrected chi connectivity index (χ4v) is 1.27. The first-order valence-electron chi connectivity index (χ1n) is 4.53. The molecule has 0 amide bonds. The summed E-state index contributed by atoms with van der Waals surface area (Å²) in [5.41, 5.74) is 1.54. The van der Waals surface area contributed by atoms with Crippen LogP contribution in [0.25, 0.3) is 0 Å². The van der Waals surface area contributed by atoms with Gasteiger partial charge in [-0.05, 0) is 23.6 Å². The minimum Gasteiger partial charge on any atom is -0.250 e. The standard InChI is InChI=1S/C11H14F2/c1-3-9-4-5-11(13)10(6-9)8(2)7-12/h4-6,8H,3,7H2,1-2H3. The average Bonchev–Trinajstić information content (AvgIpc) is 2.17. The SMILES string of the molecule is CCc1ccc(F)c(C(C)CF)c1. The van der Waals surface area contributed by atoms with Crippen LogP contribution in [0.1, 0.15) is 30.9 Å². The first-order chi connectivity index (χ1) is 6.19. The highest BCUT2D eigenvalue weighted by atomic mass is 19.1. The van der Waals surface area contributed by atoms with E-state index in [0.717, 1.165) is 12.0 Å². The Bertz CT molecular complexity index is 281. The van der Waals surface area contributed by atoms with E-state index in [0.29, 0.717) is 5.56 Å². The van der Waals surface area contributed by atoms with E-state index in [4.69, 9.17) is 0 Å². The van der Waals surface area contributed by atoms with Crippen molar-refractivity contribution < 1.29 is 8.78 Å². The Morgan fingerprint density at radius 2 is 2.08 bits per heavy atom. The van der Waals surface area contributed by atoms with Crippen molar-refractivity contribution in [2.75, 3.05) is 6.67 Å². The van der Waals surface area contributed by atoms with Crippen LogP contribution in [0.5, 0.6) is 0 Å². The highest BCUT2D eigenvalue weighted by Crippen LogP contribution is 2.20. The highest BCUT2D eigenvalue weighted by molar-refractivity contribution is 5.27. The van der Waals surface area contributed by atoms with Crippen molar-refractivity contribution in [3.05, 3.63) is 35.1 Å². The van der Waals surface area contributed by atoms with Crippen LogP contribution in [0.3, 0.4) is 0 Å². The second-order valence-electron chi connectivity index (χ2n) is 3.26. The third-order valence-electron chi connectivity index (χ3n) is 2.23. The van der Waals surface area contributed by atoms with E-state index >= 15 is 0 Å². The predicted molar refractivity (Wildman–Crippen MR) is 50.2 cm³/mol. The van der Waals surface area contributed by atoms with Gasteiger partial charge < -0.3 is 0 Å². The van der Waals surface area contributed by atoms with Gasteiger partial charge in [0, 0.05) is 5.92 Å². The molecule has 0 heterocycles. The molecule has 0 aliphatic heterocycles. The van der Waals surface area contributed by atoms with Crippen LogP contribution in [0.15, 0.2) is 18.2 Å². The molecule has 1 aromatic rings. The fraction of sp³-hybridized carbons (Fsp3) is 0.455. The van der Waals surface area contributed by atoms with Crippen molar-refractivity contribution in [1.29, 1.82) is 0 Å². The zero-order chi connectivity index (χ0) is 9.84. The number of hydrogen-bond acceptors (Lipinski definition) is 0. The van der Waals surface area contributed by atoms with Gasteiger partial charge in [0.1, 0.15) is 5.82 Å². The Morgan fingerprint density at radius 1 is 1.38 bits per heavy atom. The van der Waals surface area contributed by atoms with Crippen molar-refractivity contribution in [2.24, 2.45) is 0 Å². The average molecular weight is 184 g/mol. The van der Waals surface area contributed by atoms with Crippen molar-refractivity contribution in [2.45, 2.75) is 26.2 Å². The topological polar surface area (TPSA) is 0 Å². The Labute approximate surface area is 77.6 Å². The predicted octanol–water partition coefficient (Wildman–Crippen LogP) is 3.46. The number of benzene rings is 1. The molecular formula is C11H14F2. The van der Waals surface area contributed by atoms with E-state index in [1.54, 1.807) is 19.1 Å². The van der Waals surface area contributed by atoms with E-state index in [-0.39, 0.29) is 11.7 Å². The number of rotatable bonds is 3. The molecule has 1 unspecified atom stereocenters. The Balaban J connectivity index is 3.03. The monoisotopic (exact) mass is 184 g/mol. The molecular weight excluding hydrogens is 170 g/mol. The van der Waals surface area contributed by atoms with Crippen LogP contribution >= 0.6 is 0 Å². The van der Waals surface area contributed by atoms with Crippen LogP contribution in [0.4, 0.5) is 8.78 Å². The molecule has 72 valence electrons. The summed E-state index contributed by atoms with van der Waals surface area (Å²) in [6, 6.07) is 4.91. The van der Waals surface area contributed by atoms with E-state index in [1.165, 1.54) is 6.07 Å². The minimum atomic E-state index is -0.510. The van der Waals surface area contributed by atoms with E-state index < -0.39 is 6.67 Å². The lowest BCUT2D eigenvalue weighted by Crippen LogP contribution is -2.00. The molecule has 13 heavy (non-hydrogen) atoms. The first-order valence-corrected chi connectivity index (χ1v) is 4.53. The normalized spacial score (nSPS) is 12.9. The Kier molecular flexibility index (Phi) is 3.40. The van der Waals surface area contributed by atoms with Gasteiger partial charge in [-0.3, -0.25) is 4.39 Å². The maximum atomic E-state index is 13.2. The maximum Gasteiger partial charge on any atom is 0.126 e. The van der Waals surface area contributed by atoms with Crippen molar-refractivity contribution >= 4 is 0 Å². The van der Waals surface area contributed by atoms with Crippen molar-refractivity contribution in [1.82, 2.24) is 0 Å². The molecule has 1 aromatic carbocycles. The summed E-state index contributed by atoms with van der Waals surface area (Å²) in [6.07, 6.45) is 0.853. The van der Waals surface area contributed by atoms with Gasteiger partial charge in [0.15, 0.2) is 0 Å². The first kappa shape index (κ1) is 10.2. The van der Waals surface area contributed by atoms with Gasteiger partial charge in [-0.15, -0.1) is 0 Å². The quantitative estimate of drug-likeness (QED) is 0.674. The number of halogens is 2. The van der Waals surface area contributed by atoms with Gasteiger partial charge in [0.25, 0.3) is 0 Å². The van der Waals surface area contributed by atoms with Crippen LogP contribution in [-0.4, -0.2) is 6.67 Å². The van der Waals surface area contributed by atoms with Gasteiger partial charge in [0.2, 0.25) is 0 Å². The van der Waals surface area contributed by atoms with Gasteiger partial charge in [-0.2, -0.15) is 0 Å². The lowest BCUT2D eigenvalue weighted by Gasteiger charge is -2.09. The molecule has 1 rings (SSSR count). The van der Waals surface area contributed by atoms with E-state index in [1.807, 2.05) is 6.92 Å². The Morgan fingerprint density at radius 3 is 2.62 bits per heavy atom. The maximum absolute atomic E-state index is 13.2. The largest absolute Gasteiger partial charge is 0.250 e. The zero-order valence-electron chi connectivity index (χ0n) is 7.98. The number of aryl methyl sites for hydroxylation is 1. The van der Waals surface area contributed by atoms with Gasteiger partial charge in [0.05, 0.1) is 6.67 Å². The van der Waals surface area contributed by atoms with Crippen LogP contribution in [-0.2, 0) is 6.42 Å².